The summed E-state index contributed by atoms with van der Waals surface area (Å²) in [6.07, 6.45) is 2.11. The van der Waals surface area contributed by atoms with Crippen LogP contribution in [-0.4, -0.2) is 29.1 Å². The molecular weight excluding hydrogens is 246 g/mol. The van der Waals surface area contributed by atoms with Crippen molar-refractivity contribution in [1.29, 1.82) is 5.26 Å². The van der Waals surface area contributed by atoms with Crippen LogP contribution >= 0.6 is 0 Å². The van der Waals surface area contributed by atoms with E-state index in [1.165, 1.54) is 6.92 Å². The van der Waals surface area contributed by atoms with E-state index in [1.54, 1.807) is 6.92 Å². The van der Waals surface area contributed by atoms with Gasteiger partial charge >= 0.3 is 5.97 Å². The molecule has 2 unspecified atom stereocenters. The van der Waals surface area contributed by atoms with Crippen LogP contribution in [0.15, 0.2) is 0 Å². The summed E-state index contributed by atoms with van der Waals surface area (Å²) < 4.78 is 0. The number of carbonyl (C=O) groups is 2. The molecule has 0 aliphatic carbocycles. The molecule has 0 bridgehead atoms. The van der Waals surface area contributed by atoms with E-state index < -0.39 is 12.0 Å². The predicted molar refractivity (Wildman–Crippen MR) is 73.2 cm³/mol. The monoisotopic (exact) mass is 271 g/mol. The van der Waals surface area contributed by atoms with Crippen molar-refractivity contribution >= 4 is 11.9 Å². The Morgan fingerprint density at radius 3 is 2.11 bits per heavy atom. The Hall–Kier alpha value is -1.61. The van der Waals surface area contributed by atoms with Crippen LogP contribution in [0.3, 0.4) is 0 Å². The lowest BCUT2D eigenvalue weighted by Crippen LogP contribution is -2.43. The molecule has 0 aliphatic heterocycles. The number of hydrogen-bond acceptors (Lipinski definition) is 4. The van der Waals surface area contributed by atoms with Gasteiger partial charge in [-0.1, -0.05) is 27.2 Å². The van der Waals surface area contributed by atoms with Gasteiger partial charge in [0.15, 0.2) is 0 Å². The normalized spacial score (nSPS) is 14.1. The molecule has 0 spiro atoms. The van der Waals surface area contributed by atoms with Gasteiger partial charge < -0.3 is 16.2 Å². The summed E-state index contributed by atoms with van der Waals surface area (Å²) in [5.41, 5.74) is 5.36. The first-order chi connectivity index (χ1) is 8.79. The zero-order chi connectivity index (χ0) is 15.4. The first-order valence-electron chi connectivity index (χ1n) is 6.42. The van der Waals surface area contributed by atoms with Gasteiger partial charge in [0.25, 0.3) is 0 Å². The summed E-state index contributed by atoms with van der Waals surface area (Å²) >= 11 is 0. The molecule has 6 heteroatoms. The van der Waals surface area contributed by atoms with E-state index in [2.05, 4.69) is 5.32 Å². The molecule has 0 aromatic rings. The Labute approximate surface area is 115 Å². The van der Waals surface area contributed by atoms with Gasteiger partial charge in [0.2, 0.25) is 5.91 Å². The van der Waals surface area contributed by atoms with Crippen molar-refractivity contribution < 1.29 is 14.7 Å². The molecule has 1 amide bonds. The van der Waals surface area contributed by atoms with Crippen molar-refractivity contribution in [2.75, 3.05) is 0 Å². The van der Waals surface area contributed by atoms with Crippen LogP contribution in [0, 0.1) is 17.2 Å². The van der Waals surface area contributed by atoms with E-state index in [0.717, 1.165) is 12.8 Å². The van der Waals surface area contributed by atoms with E-state index in [-0.39, 0.29) is 17.9 Å². The van der Waals surface area contributed by atoms with Crippen molar-refractivity contribution in [2.45, 2.75) is 59.0 Å². The summed E-state index contributed by atoms with van der Waals surface area (Å²) in [5.74, 6) is -1.31. The molecule has 4 N–H and O–H groups in total. The van der Waals surface area contributed by atoms with Gasteiger partial charge in [-0.2, -0.15) is 5.26 Å². The number of nitriles is 1. The molecule has 0 rings (SSSR count). The highest BCUT2D eigenvalue weighted by atomic mass is 16.4. The fourth-order valence-corrected chi connectivity index (χ4v) is 1.16. The van der Waals surface area contributed by atoms with Crippen molar-refractivity contribution in [2.24, 2.45) is 11.7 Å². The first kappa shape index (κ1) is 19.7. The molecule has 110 valence electrons. The number of carboxylic acid groups (broad SMARTS) is 1. The Balaban J connectivity index is 0. The van der Waals surface area contributed by atoms with Gasteiger partial charge in [-0.05, 0) is 12.3 Å². The van der Waals surface area contributed by atoms with Crippen LogP contribution in [0.5, 0.6) is 0 Å². The zero-order valence-corrected chi connectivity index (χ0v) is 12.1. The number of hydrogen-bond donors (Lipinski definition) is 3. The standard InChI is InChI=1S/C8H15NO3.C5H10N2/c1-4-5(2)7(8(11)12)9-6(3)10;1-2-5(7)3-4-6/h5,7H,4H2,1-3H3,(H,9,10)(H,11,12);5H,2-3,7H2,1H3/t5?,7-;/m0./s1. The number of carboxylic acids is 1. The maximum absolute atomic E-state index is 10.6. The fourth-order valence-electron chi connectivity index (χ4n) is 1.16. The van der Waals surface area contributed by atoms with Gasteiger partial charge in [0.05, 0.1) is 12.5 Å². The minimum atomic E-state index is -0.973. The average Bonchev–Trinajstić information content (AvgIpc) is 2.35. The second kappa shape index (κ2) is 11.5. The van der Waals surface area contributed by atoms with Gasteiger partial charge in [0.1, 0.15) is 6.04 Å². The van der Waals surface area contributed by atoms with Crippen LogP contribution in [-0.2, 0) is 9.59 Å². The van der Waals surface area contributed by atoms with Crippen molar-refractivity contribution in [1.82, 2.24) is 5.32 Å². The largest absolute Gasteiger partial charge is 0.480 e. The highest BCUT2D eigenvalue weighted by molar-refractivity contribution is 5.82. The summed E-state index contributed by atoms with van der Waals surface area (Å²) in [5, 5.41) is 19.1. The third kappa shape index (κ3) is 11.2. The smallest absolute Gasteiger partial charge is 0.326 e. The zero-order valence-electron chi connectivity index (χ0n) is 12.1. The molecule has 6 nitrogen and oxygen atoms in total. The molecule has 0 aromatic carbocycles. The highest BCUT2D eigenvalue weighted by Gasteiger charge is 2.23. The van der Waals surface area contributed by atoms with Gasteiger partial charge in [0, 0.05) is 13.0 Å². The lowest BCUT2D eigenvalue weighted by molar-refractivity contribution is -0.143. The maximum Gasteiger partial charge on any atom is 0.326 e. The molecule has 0 radical (unpaired) electrons. The topological polar surface area (TPSA) is 116 Å². The molecule has 0 heterocycles. The molecule has 0 saturated carbocycles. The number of rotatable bonds is 6. The van der Waals surface area contributed by atoms with E-state index in [0.29, 0.717) is 6.42 Å². The number of aliphatic carboxylic acids is 1. The molecule has 3 atom stereocenters. The Kier molecular flexibility index (Phi) is 11.9. The molecule has 0 saturated heterocycles. The Morgan fingerprint density at radius 2 is 1.89 bits per heavy atom. The summed E-state index contributed by atoms with van der Waals surface area (Å²) in [6.45, 7) is 6.98. The number of nitrogens with two attached hydrogens (primary N) is 1. The van der Waals surface area contributed by atoms with E-state index >= 15 is 0 Å². The van der Waals surface area contributed by atoms with Gasteiger partial charge in [-0.15, -0.1) is 0 Å². The minimum Gasteiger partial charge on any atom is -0.480 e. The SMILES string of the molecule is CCC(C)[C@H](NC(C)=O)C(=O)O.CCC(N)CC#N. The van der Waals surface area contributed by atoms with Crippen molar-refractivity contribution in [3.63, 3.8) is 0 Å². The Morgan fingerprint density at radius 1 is 1.37 bits per heavy atom. The lowest BCUT2D eigenvalue weighted by Gasteiger charge is -2.18. The van der Waals surface area contributed by atoms with Crippen LogP contribution in [0.1, 0.15) is 47.0 Å². The molecule has 0 aromatic heterocycles. The molecule has 0 aliphatic rings. The third-order valence-electron chi connectivity index (χ3n) is 2.72. The van der Waals surface area contributed by atoms with Crippen LogP contribution in [0.4, 0.5) is 0 Å². The molecular formula is C13H25N3O3. The average molecular weight is 271 g/mol. The summed E-state index contributed by atoms with van der Waals surface area (Å²) in [4.78, 5) is 21.2. The lowest BCUT2D eigenvalue weighted by atomic mass is 9.99. The number of carbonyl (C=O) groups excluding carboxylic acids is 1. The number of nitrogens with one attached hydrogen (secondary N) is 1. The quantitative estimate of drug-likeness (QED) is 0.672. The van der Waals surface area contributed by atoms with E-state index in [9.17, 15) is 9.59 Å². The van der Waals surface area contributed by atoms with Gasteiger partial charge in [-0.3, -0.25) is 4.79 Å². The molecule has 19 heavy (non-hydrogen) atoms. The minimum absolute atomic E-state index is 0.0357. The summed E-state index contributed by atoms with van der Waals surface area (Å²) in [7, 11) is 0. The van der Waals surface area contributed by atoms with E-state index in [1.807, 2.05) is 19.9 Å². The second-order valence-corrected chi connectivity index (χ2v) is 4.43. The number of nitrogens with zero attached hydrogens (tertiary/aromatic N) is 1. The van der Waals surface area contributed by atoms with Crippen molar-refractivity contribution in [3.8, 4) is 6.07 Å². The van der Waals surface area contributed by atoms with Crippen molar-refractivity contribution in [3.05, 3.63) is 0 Å². The molecule has 0 fully saturated rings. The number of amides is 1. The predicted octanol–water partition coefficient (Wildman–Crippen LogP) is 1.26. The second-order valence-electron chi connectivity index (χ2n) is 4.43. The fraction of sp³-hybridized carbons (Fsp3) is 0.769. The van der Waals surface area contributed by atoms with Crippen LogP contribution in [0.2, 0.25) is 0 Å². The van der Waals surface area contributed by atoms with E-state index in [4.69, 9.17) is 16.1 Å². The maximum atomic E-state index is 10.6. The van der Waals surface area contributed by atoms with Crippen LogP contribution < -0.4 is 11.1 Å². The first-order valence-corrected chi connectivity index (χ1v) is 6.42. The van der Waals surface area contributed by atoms with Gasteiger partial charge in [-0.25, -0.2) is 4.79 Å². The highest BCUT2D eigenvalue weighted by Crippen LogP contribution is 2.07. The third-order valence-corrected chi connectivity index (χ3v) is 2.72. The Bertz CT molecular complexity index is 313. The summed E-state index contributed by atoms with van der Waals surface area (Å²) in [6, 6.07) is 1.32. The van der Waals surface area contributed by atoms with Crippen LogP contribution in [0.25, 0.3) is 0 Å².